The zero-order valence-corrected chi connectivity index (χ0v) is 11.1. The number of hydrogen-bond acceptors (Lipinski definition) is 4. The first-order chi connectivity index (χ1) is 9.24. The molecule has 2 aromatic rings. The molecule has 0 aromatic heterocycles. The Bertz CT molecular complexity index is 555. The second-order valence-corrected chi connectivity index (χ2v) is 4.00. The van der Waals surface area contributed by atoms with E-state index in [0.717, 1.165) is 11.3 Å². The molecule has 0 spiro atoms. The van der Waals surface area contributed by atoms with Crippen LogP contribution >= 0.6 is 0 Å². The SMILES string of the molecule is COc1ccc(OCc2ccccc2OC)cc1N. The minimum Gasteiger partial charge on any atom is -0.496 e. The highest BCUT2D eigenvalue weighted by atomic mass is 16.5. The highest BCUT2D eigenvalue weighted by Gasteiger charge is 2.04. The third-order valence-electron chi connectivity index (χ3n) is 2.79. The van der Waals surface area contributed by atoms with Crippen molar-refractivity contribution in [2.24, 2.45) is 0 Å². The maximum absolute atomic E-state index is 5.83. The van der Waals surface area contributed by atoms with Crippen molar-refractivity contribution in [2.45, 2.75) is 6.61 Å². The van der Waals surface area contributed by atoms with Gasteiger partial charge in [-0.3, -0.25) is 0 Å². The zero-order chi connectivity index (χ0) is 13.7. The topological polar surface area (TPSA) is 53.7 Å². The first-order valence-corrected chi connectivity index (χ1v) is 5.93. The van der Waals surface area contributed by atoms with Crippen LogP contribution in [0.2, 0.25) is 0 Å². The van der Waals surface area contributed by atoms with E-state index in [2.05, 4.69) is 0 Å². The van der Waals surface area contributed by atoms with Crippen LogP contribution in [0.1, 0.15) is 5.56 Å². The normalized spacial score (nSPS) is 10.0. The lowest BCUT2D eigenvalue weighted by Gasteiger charge is -2.11. The van der Waals surface area contributed by atoms with Crippen molar-refractivity contribution < 1.29 is 14.2 Å². The number of para-hydroxylation sites is 1. The van der Waals surface area contributed by atoms with E-state index in [4.69, 9.17) is 19.9 Å². The third kappa shape index (κ3) is 3.10. The van der Waals surface area contributed by atoms with Crippen molar-refractivity contribution >= 4 is 5.69 Å². The predicted octanol–water partition coefficient (Wildman–Crippen LogP) is 2.87. The molecular weight excluding hydrogens is 242 g/mol. The summed E-state index contributed by atoms with van der Waals surface area (Å²) in [7, 11) is 3.23. The van der Waals surface area contributed by atoms with Crippen molar-refractivity contribution in [3.63, 3.8) is 0 Å². The molecule has 0 saturated carbocycles. The van der Waals surface area contributed by atoms with Crippen molar-refractivity contribution in [3.8, 4) is 17.2 Å². The summed E-state index contributed by atoms with van der Waals surface area (Å²) in [6.07, 6.45) is 0. The summed E-state index contributed by atoms with van der Waals surface area (Å²) in [5, 5.41) is 0. The lowest BCUT2D eigenvalue weighted by atomic mass is 10.2. The van der Waals surface area contributed by atoms with Gasteiger partial charge < -0.3 is 19.9 Å². The van der Waals surface area contributed by atoms with Crippen LogP contribution in [0.3, 0.4) is 0 Å². The summed E-state index contributed by atoms with van der Waals surface area (Å²) in [5.41, 5.74) is 7.37. The third-order valence-corrected chi connectivity index (χ3v) is 2.79. The Morgan fingerprint density at radius 3 is 2.37 bits per heavy atom. The molecule has 100 valence electrons. The van der Waals surface area contributed by atoms with Gasteiger partial charge in [0.1, 0.15) is 23.9 Å². The number of ether oxygens (including phenoxy) is 3. The fourth-order valence-electron chi connectivity index (χ4n) is 1.79. The van der Waals surface area contributed by atoms with Crippen LogP contribution in [0.15, 0.2) is 42.5 Å². The van der Waals surface area contributed by atoms with Crippen molar-refractivity contribution in [3.05, 3.63) is 48.0 Å². The number of rotatable bonds is 5. The van der Waals surface area contributed by atoms with Crippen molar-refractivity contribution in [1.82, 2.24) is 0 Å². The number of methoxy groups -OCH3 is 2. The molecule has 2 aromatic carbocycles. The van der Waals surface area contributed by atoms with Gasteiger partial charge in [0.15, 0.2) is 0 Å². The summed E-state index contributed by atoms with van der Waals surface area (Å²) in [5.74, 6) is 2.15. The quantitative estimate of drug-likeness (QED) is 0.839. The summed E-state index contributed by atoms with van der Waals surface area (Å²) < 4.78 is 16.1. The molecule has 19 heavy (non-hydrogen) atoms. The molecule has 0 heterocycles. The van der Waals surface area contributed by atoms with Crippen molar-refractivity contribution in [2.75, 3.05) is 20.0 Å². The maximum atomic E-state index is 5.83. The monoisotopic (exact) mass is 259 g/mol. The molecule has 0 saturated heterocycles. The highest BCUT2D eigenvalue weighted by Crippen LogP contribution is 2.27. The van der Waals surface area contributed by atoms with E-state index in [-0.39, 0.29) is 0 Å². The number of benzene rings is 2. The van der Waals surface area contributed by atoms with E-state index in [9.17, 15) is 0 Å². The van der Waals surface area contributed by atoms with E-state index < -0.39 is 0 Å². The summed E-state index contributed by atoms with van der Waals surface area (Å²) >= 11 is 0. The number of nitrogen functional groups attached to an aromatic ring is 1. The van der Waals surface area contributed by atoms with Gasteiger partial charge in [-0.05, 0) is 18.2 Å². The van der Waals surface area contributed by atoms with Crippen LogP contribution in [0, 0.1) is 0 Å². The average Bonchev–Trinajstić information content (AvgIpc) is 2.45. The molecule has 0 fully saturated rings. The van der Waals surface area contributed by atoms with E-state index in [1.807, 2.05) is 30.3 Å². The van der Waals surface area contributed by atoms with Gasteiger partial charge in [-0.1, -0.05) is 18.2 Å². The van der Waals surface area contributed by atoms with Gasteiger partial charge in [-0.25, -0.2) is 0 Å². The number of nitrogens with two attached hydrogens (primary N) is 1. The Hall–Kier alpha value is -2.36. The van der Waals surface area contributed by atoms with Gasteiger partial charge >= 0.3 is 0 Å². The summed E-state index contributed by atoms with van der Waals surface area (Å²) in [6, 6.07) is 13.1. The standard InChI is InChI=1S/C15H17NO3/c1-17-14-6-4-3-5-11(14)10-19-12-7-8-15(18-2)13(16)9-12/h3-9H,10,16H2,1-2H3. The second-order valence-electron chi connectivity index (χ2n) is 4.00. The van der Waals surface area contributed by atoms with E-state index in [1.54, 1.807) is 26.4 Å². The van der Waals surface area contributed by atoms with Crippen LogP contribution in [-0.4, -0.2) is 14.2 Å². The Morgan fingerprint density at radius 2 is 1.68 bits per heavy atom. The molecule has 0 bridgehead atoms. The first-order valence-electron chi connectivity index (χ1n) is 5.93. The van der Waals surface area contributed by atoms with Crippen LogP contribution < -0.4 is 19.9 Å². The molecule has 0 atom stereocenters. The van der Waals surface area contributed by atoms with Gasteiger partial charge in [0.05, 0.1) is 19.9 Å². The molecule has 2 rings (SSSR count). The van der Waals surface area contributed by atoms with E-state index >= 15 is 0 Å². The number of anilines is 1. The van der Waals surface area contributed by atoms with Crippen LogP contribution in [0.4, 0.5) is 5.69 Å². The molecule has 0 unspecified atom stereocenters. The maximum Gasteiger partial charge on any atom is 0.142 e. The Balaban J connectivity index is 2.08. The zero-order valence-electron chi connectivity index (χ0n) is 11.1. The first kappa shape index (κ1) is 13.1. The van der Waals surface area contributed by atoms with Gasteiger partial charge in [-0.15, -0.1) is 0 Å². The Kier molecular flexibility index (Phi) is 4.13. The minimum absolute atomic E-state index is 0.426. The lowest BCUT2D eigenvalue weighted by molar-refractivity contribution is 0.296. The molecule has 4 heteroatoms. The van der Waals surface area contributed by atoms with Gasteiger partial charge in [-0.2, -0.15) is 0 Å². The largest absolute Gasteiger partial charge is 0.496 e. The van der Waals surface area contributed by atoms with E-state index in [0.29, 0.717) is 23.8 Å². The van der Waals surface area contributed by atoms with E-state index in [1.165, 1.54) is 0 Å². The fourth-order valence-corrected chi connectivity index (χ4v) is 1.79. The van der Waals surface area contributed by atoms with Crippen molar-refractivity contribution in [1.29, 1.82) is 0 Å². The Morgan fingerprint density at radius 1 is 0.947 bits per heavy atom. The molecule has 0 aliphatic rings. The highest BCUT2D eigenvalue weighted by molar-refractivity contribution is 5.56. The van der Waals surface area contributed by atoms with Gasteiger partial charge in [0.2, 0.25) is 0 Å². The minimum atomic E-state index is 0.426. The van der Waals surface area contributed by atoms with Gasteiger partial charge in [0, 0.05) is 11.6 Å². The fraction of sp³-hybridized carbons (Fsp3) is 0.200. The van der Waals surface area contributed by atoms with Crippen LogP contribution in [0.5, 0.6) is 17.2 Å². The molecule has 0 amide bonds. The lowest BCUT2D eigenvalue weighted by Crippen LogP contribution is -1.99. The smallest absolute Gasteiger partial charge is 0.142 e. The molecule has 0 aliphatic heterocycles. The molecule has 2 N–H and O–H groups in total. The average molecular weight is 259 g/mol. The molecule has 0 radical (unpaired) electrons. The Labute approximate surface area is 112 Å². The number of hydrogen-bond donors (Lipinski definition) is 1. The van der Waals surface area contributed by atoms with Crippen LogP contribution in [-0.2, 0) is 6.61 Å². The molecule has 4 nitrogen and oxygen atoms in total. The predicted molar refractivity (Wildman–Crippen MR) is 74.7 cm³/mol. The summed E-state index contributed by atoms with van der Waals surface area (Å²) in [4.78, 5) is 0. The summed E-state index contributed by atoms with van der Waals surface area (Å²) in [6.45, 7) is 0.426. The molecular formula is C15H17NO3. The molecule has 0 aliphatic carbocycles. The van der Waals surface area contributed by atoms with Gasteiger partial charge in [0.25, 0.3) is 0 Å². The van der Waals surface area contributed by atoms with Crippen LogP contribution in [0.25, 0.3) is 0 Å². The second kappa shape index (κ2) is 6.00.